The molecule has 0 aliphatic carbocycles. The number of thiazole rings is 1. The number of amides is 2. The van der Waals surface area contributed by atoms with Crippen LogP contribution in [0.2, 0.25) is 0 Å². The summed E-state index contributed by atoms with van der Waals surface area (Å²) >= 11 is 3.98. The number of nitrogens with one attached hydrogen (secondary N) is 2. The number of thioether (sulfide) groups is 1. The number of nitrogens with zero attached hydrogens (tertiary/aromatic N) is 2. The third kappa shape index (κ3) is 4.16. The predicted molar refractivity (Wildman–Crippen MR) is 119 cm³/mol. The molecule has 3 aromatic heterocycles. The molecule has 4 heterocycles. The lowest BCUT2D eigenvalue weighted by Gasteiger charge is -2.25. The van der Waals surface area contributed by atoms with Gasteiger partial charge in [0.15, 0.2) is 5.13 Å². The normalized spacial score (nSPS) is 15.2. The molecular weight excluding hydrogens is 466 g/mol. The van der Waals surface area contributed by atoms with Gasteiger partial charge in [0.2, 0.25) is 10.0 Å². The van der Waals surface area contributed by atoms with E-state index in [-0.39, 0.29) is 15.5 Å². The van der Waals surface area contributed by atoms with Crippen molar-refractivity contribution in [2.45, 2.75) is 4.90 Å². The molecule has 0 atom stereocenters. The monoisotopic (exact) mass is 483 g/mol. The fraction of sp³-hybridized carbons (Fsp3) is 0.235. The molecule has 30 heavy (non-hydrogen) atoms. The Hall–Kier alpha value is -2.19. The van der Waals surface area contributed by atoms with Crippen LogP contribution >= 0.6 is 34.4 Å². The molecule has 1 saturated heterocycles. The number of thiophene rings is 1. The van der Waals surface area contributed by atoms with Gasteiger partial charge in [-0.2, -0.15) is 16.1 Å². The van der Waals surface area contributed by atoms with Gasteiger partial charge in [0.05, 0.1) is 5.69 Å². The molecule has 3 aromatic rings. The minimum Gasteiger partial charge on any atom is -0.364 e. The van der Waals surface area contributed by atoms with Crippen molar-refractivity contribution in [2.24, 2.45) is 5.73 Å². The fourth-order valence-electron chi connectivity index (χ4n) is 2.89. The van der Waals surface area contributed by atoms with Crippen molar-refractivity contribution in [1.82, 2.24) is 14.3 Å². The van der Waals surface area contributed by atoms with E-state index in [1.807, 2.05) is 0 Å². The Labute approximate surface area is 184 Å². The molecule has 2 amide bonds. The molecule has 0 bridgehead atoms. The lowest BCUT2D eigenvalue weighted by Crippen LogP contribution is -2.38. The van der Waals surface area contributed by atoms with E-state index < -0.39 is 21.8 Å². The summed E-state index contributed by atoms with van der Waals surface area (Å²) in [6.07, 6.45) is 1.60. The molecule has 9 nitrogen and oxygen atoms in total. The fourth-order valence-corrected chi connectivity index (χ4v) is 7.48. The molecule has 0 radical (unpaired) electrons. The summed E-state index contributed by atoms with van der Waals surface area (Å²) in [6.45, 7) is 0.868. The first-order valence-electron chi connectivity index (χ1n) is 8.77. The van der Waals surface area contributed by atoms with Crippen LogP contribution in [0.5, 0.6) is 0 Å². The number of aromatic nitrogens is 2. The minimum absolute atomic E-state index is 0.0189. The number of rotatable bonds is 6. The number of hydrogen-bond donors (Lipinski definition) is 3. The van der Waals surface area contributed by atoms with Crippen molar-refractivity contribution in [3.8, 4) is 11.3 Å². The van der Waals surface area contributed by atoms with Crippen molar-refractivity contribution >= 4 is 61.4 Å². The Balaban J connectivity index is 1.52. The van der Waals surface area contributed by atoms with E-state index in [4.69, 9.17) is 5.73 Å². The molecule has 1 aliphatic heterocycles. The van der Waals surface area contributed by atoms with Crippen molar-refractivity contribution < 1.29 is 18.0 Å². The summed E-state index contributed by atoms with van der Waals surface area (Å²) in [5, 5.41) is 6.31. The zero-order chi connectivity index (χ0) is 21.3. The Morgan fingerprint density at radius 2 is 2.00 bits per heavy atom. The first-order chi connectivity index (χ1) is 14.4. The Morgan fingerprint density at radius 1 is 1.23 bits per heavy atom. The highest BCUT2D eigenvalue weighted by Gasteiger charge is 2.31. The smallest absolute Gasteiger partial charge is 0.268 e. The van der Waals surface area contributed by atoms with E-state index in [0.29, 0.717) is 29.5 Å². The SMILES string of the molecule is NC(=O)c1cc(-c2csc(NC(=O)c3sccc3S(=O)(=O)N3CCSCC3)n2)c[nH]1. The highest BCUT2D eigenvalue weighted by Crippen LogP contribution is 2.30. The standard InChI is InChI=1S/C17H17N5O4S4/c18-15(23)11-7-10(8-19-11)12-9-29-17(20-12)21-16(24)14-13(1-4-28-14)30(25,26)22-2-5-27-6-3-22/h1,4,7-9,19H,2-3,5-6H2,(H2,18,23)(H,20,21,24). The number of sulfonamides is 1. The van der Waals surface area contributed by atoms with Crippen molar-refractivity contribution in [2.75, 3.05) is 29.9 Å². The summed E-state index contributed by atoms with van der Waals surface area (Å²) in [5.74, 6) is 0.374. The molecule has 0 aromatic carbocycles. The van der Waals surface area contributed by atoms with Gasteiger partial charge in [0.1, 0.15) is 15.5 Å². The van der Waals surface area contributed by atoms with E-state index in [9.17, 15) is 18.0 Å². The first-order valence-corrected chi connectivity index (χ1v) is 13.1. The average Bonchev–Trinajstić information content (AvgIpc) is 3.48. The number of hydrogen-bond acceptors (Lipinski definition) is 8. The van der Waals surface area contributed by atoms with E-state index >= 15 is 0 Å². The first kappa shape index (κ1) is 21.1. The van der Waals surface area contributed by atoms with E-state index in [2.05, 4.69) is 15.3 Å². The second-order valence-electron chi connectivity index (χ2n) is 6.29. The predicted octanol–water partition coefficient (Wildman–Crippen LogP) is 2.29. The number of carbonyl (C=O) groups excluding carboxylic acids is 2. The molecule has 1 fully saturated rings. The third-order valence-corrected chi connectivity index (χ3v) is 9.08. The molecule has 0 spiro atoms. The van der Waals surface area contributed by atoms with Crippen LogP contribution in [0.3, 0.4) is 0 Å². The maximum Gasteiger partial charge on any atom is 0.268 e. The van der Waals surface area contributed by atoms with Crippen LogP contribution in [0.25, 0.3) is 11.3 Å². The van der Waals surface area contributed by atoms with Crippen molar-refractivity contribution in [3.05, 3.63) is 39.7 Å². The molecule has 158 valence electrons. The van der Waals surface area contributed by atoms with Crippen LogP contribution in [0.15, 0.2) is 34.0 Å². The Morgan fingerprint density at radius 3 is 2.70 bits per heavy atom. The molecular formula is C17H17N5O4S4. The van der Waals surface area contributed by atoms with Gasteiger partial charge in [0.25, 0.3) is 11.8 Å². The Kier molecular flexibility index (Phi) is 5.97. The van der Waals surface area contributed by atoms with Gasteiger partial charge in [-0.25, -0.2) is 13.4 Å². The zero-order valence-corrected chi connectivity index (χ0v) is 18.7. The lowest BCUT2D eigenvalue weighted by molar-refractivity contribution is 0.0994. The maximum absolute atomic E-state index is 13.0. The Bertz CT molecular complexity index is 1190. The van der Waals surface area contributed by atoms with Crippen LogP contribution in [-0.4, -0.2) is 59.1 Å². The topological polar surface area (TPSA) is 138 Å². The van der Waals surface area contributed by atoms with Crippen LogP contribution in [0, 0.1) is 0 Å². The number of carbonyl (C=O) groups is 2. The number of primary amides is 1. The van der Waals surface area contributed by atoms with Crippen LogP contribution in [0.4, 0.5) is 5.13 Å². The summed E-state index contributed by atoms with van der Waals surface area (Å²) in [6, 6.07) is 3.04. The van der Waals surface area contributed by atoms with E-state index in [1.165, 1.54) is 21.7 Å². The largest absolute Gasteiger partial charge is 0.364 e. The van der Waals surface area contributed by atoms with E-state index in [0.717, 1.165) is 22.8 Å². The van der Waals surface area contributed by atoms with Gasteiger partial charge in [0, 0.05) is 41.7 Å². The van der Waals surface area contributed by atoms with Gasteiger partial charge in [-0.1, -0.05) is 0 Å². The lowest BCUT2D eigenvalue weighted by atomic mass is 10.2. The third-order valence-electron chi connectivity index (χ3n) is 4.39. The van der Waals surface area contributed by atoms with Gasteiger partial charge >= 0.3 is 0 Å². The van der Waals surface area contributed by atoms with E-state index in [1.54, 1.807) is 34.8 Å². The summed E-state index contributed by atoms with van der Waals surface area (Å²) in [5.41, 5.74) is 6.71. The zero-order valence-electron chi connectivity index (χ0n) is 15.5. The number of aromatic amines is 1. The number of H-pyrrole nitrogens is 1. The highest BCUT2D eigenvalue weighted by molar-refractivity contribution is 7.99. The second kappa shape index (κ2) is 8.51. The molecule has 0 unspecified atom stereocenters. The average molecular weight is 484 g/mol. The summed E-state index contributed by atoms with van der Waals surface area (Å²) in [4.78, 5) is 31.2. The number of nitrogens with two attached hydrogens (primary N) is 1. The van der Waals surface area contributed by atoms with Crippen LogP contribution in [-0.2, 0) is 10.0 Å². The minimum atomic E-state index is -3.73. The highest BCUT2D eigenvalue weighted by atomic mass is 32.2. The van der Waals surface area contributed by atoms with Crippen LogP contribution < -0.4 is 11.1 Å². The molecule has 13 heteroatoms. The van der Waals surface area contributed by atoms with Gasteiger partial charge < -0.3 is 10.7 Å². The van der Waals surface area contributed by atoms with Gasteiger partial charge in [-0.3, -0.25) is 14.9 Å². The molecule has 4 rings (SSSR count). The molecule has 1 aliphatic rings. The molecule has 0 saturated carbocycles. The van der Waals surface area contributed by atoms with Gasteiger partial charge in [-0.15, -0.1) is 22.7 Å². The maximum atomic E-state index is 13.0. The second-order valence-corrected chi connectivity index (χ2v) is 11.2. The van der Waals surface area contributed by atoms with Crippen LogP contribution in [0.1, 0.15) is 20.2 Å². The number of anilines is 1. The quantitative estimate of drug-likeness (QED) is 0.492. The summed E-state index contributed by atoms with van der Waals surface area (Å²) in [7, 11) is -3.73. The van der Waals surface area contributed by atoms with Crippen molar-refractivity contribution in [3.63, 3.8) is 0 Å². The van der Waals surface area contributed by atoms with Gasteiger partial charge in [-0.05, 0) is 17.5 Å². The van der Waals surface area contributed by atoms with Crippen molar-refractivity contribution in [1.29, 1.82) is 0 Å². The summed E-state index contributed by atoms with van der Waals surface area (Å²) < 4.78 is 27.3. The molecule has 4 N–H and O–H groups in total.